The lowest BCUT2D eigenvalue weighted by atomic mass is 10.1. The van der Waals surface area contributed by atoms with E-state index >= 15 is 0 Å². The van der Waals surface area contributed by atoms with Crippen molar-refractivity contribution in [2.75, 3.05) is 6.61 Å². The molecule has 0 aliphatic rings. The van der Waals surface area contributed by atoms with Crippen LogP contribution in [0.25, 0.3) is 10.8 Å². The van der Waals surface area contributed by atoms with Gasteiger partial charge in [0.05, 0.1) is 17.6 Å². The van der Waals surface area contributed by atoms with Gasteiger partial charge < -0.3 is 4.74 Å². The zero-order chi connectivity index (χ0) is 18.0. The van der Waals surface area contributed by atoms with Gasteiger partial charge >= 0.3 is 5.97 Å². The van der Waals surface area contributed by atoms with Gasteiger partial charge in [-0.3, -0.25) is 9.48 Å². The first-order chi connectivity index (χ1) is 12.0. The van der Waals surface area contributed by atoms with E-state index in [4.69, 9.17) is 4.74 Å². The van der Waals surface area contributed by atoms with Crippen molar-refractivity contribution in [3.63, 3.8) is 0 Å². The minimum absolute atomic E-state index is 0.158. The summed E-state index contributed by atoms with van der Waals surface area (Å²) in [7, 11) is 0. The summed E-state index contributed by atoms with van der Waals surface area (Å²) in [6, 6.07) is 8.90. The Morgan fingerprint density at radius 1 is 1.12 bits per heavy atom. The molecule has 0 spiro atoms. The second kappa shape index (κ2) is 6.88. The summed E-state index contributed by atoms with van der Waals surface area (Å²) >= 11 is 0. The molecule has 0 saturated carbocycles. The number of carbonyl (C=O) groups is 1. The zero-order valence-corrected chi connectivity index (χ0v) is 14.5. The molecule has 0 radical (unpaired) electrons. The van der Waals surface area contributed by atoms with Crippen LogP contribution in [-0.2, 0) is 17.8 Å². The fourth-order valence-corrected chi connectivity index (χ4v) is 2.79. The number of rotatable bonds is 5. The van der Waals surface area contributed by atoms with E-state index in [-0.39, 0.29) is 17.9 Å². The number of aryl methyl sites for hydroxylation is 3. The van der Waals surface area contributed by atoms with Crippen LogP contribution in [0.1, 0.15) is 28.8 Å². The average molecular weight is 340 g/mol. The number of carbonyl (C=O) groups excluding carboxylic acids is 1. The van der Waals surface area contributed by atoms with Crippen LogP contribution in [0.4, 0.5) is 0 Å². The van der Waals surface area contributed by atoms with E-state index in [9.17, 15) is 9.59 Å². The summed E-state index contributed by atoms with van der Waals surface area (Å²) in [6.45, 7) is 6.71. The monoisotopic (exact) mass is 340 g/mol. The van der Waals surface area contributed by atoms with Gasteiger partial charge in [0, 0.05) is 17.6 Å². The second-order valence-electron chi connectivity index (χ2n) is 5.80. The third-order valence-corrected chi connectivity index (χ3v) is 4.00. The number of benzene rings is 1. The molecule has 0 N–H and O–H groups in total. The minimum atomic E-state index is -0.542. The molecule has 2 heterocycles. The second-order valence-corrected chi connectivity index (χ2v) is 5.80. The van der Waals surface area contributed by atoms with Gasteiger partial charge in [-0.1, -0.05) is 18.2 Å². The summed E-state index contributed by atoms with van der Waals surface area (Å²) in [6.07, 6.45) is 0. The van der Waals surface area contributed by atoms with Crippen LogP contribution >= 0.6 is 0 Å². The number of aromatic nitrogens is 4. The van der Waals surface area contributed by atoms with Gasteiger partial charge in [0.15, 0.2) is 5.69 Å². The molecule has 3 rings (SSSR count). The number of fused-ring (bicyclic) bond motifs is 1. The van der Waals surface area contributed by atoms with E-state index in [0.29, 0.717) is 23.9 Å². The predicted molar refractivity (Wildman–Crippen MR) is 93.7 cm³/mol. The van der Waals surface area contributed by atoms with E-state index in [2.05, 4.69) is 10.2 Å². The molecule has 2 aromatic heterocycles. The molecule has 0 unspecified atom stereocenters. The van der Waals surface area contributed by atoms with Gasteiger partial charge in [0.2, 0.25) is 0 Å². The Hall–Kier alpha value is -2.96. The first-order valence-corrected chi connectivity index (χ1v) is 8.19. The Morgan fingerprint density at radius 2 is 1.84 bits per heavy atom. The van der Waals surface area contributed by atoms with E-state index in [0.717, 1.165) is 11.4 Å². The Labute approximate surface area is 144 Å². The SMILES string of the molecule is CCn1nc(C(=O)OCCn2nc(C)cc2C)c2ccccc2c1=O. The molecule has 0 amide bonds. The van der Waals surface area contributed by atoms with Gasteiger partial charge in [-0.05, 0) is 32.9 Å². The van der Waals surface area contributed by atoms with Crippen molar-refractivity contribution in [1.82, 2.24) is 19.6 Å². The van der Waals surface area contributed by atoms with Crippen molar-refractivity contribution in [3.8, 4) is 0 Å². The summed E-state index contributed by atoms with van der Waals surface area (Å²) in [5, 5.41) is 9.48. The van der Waals surface area contributed by atoms with E-state index in [1.54, 1.807) is 35.9 Å². The highest BCUT2D eigenvalue weighted by Crippen LogP contribution is 2.14. The number of nitrogens with zero attached hydrogens (tertiary/aromatic N) is 4. The average Bonchev–Trinajstić information content (AvgIpc) is 2.93. The van der Waals surface area contributed by atoms with Gasteiger partial charge in [0.25, 0.3) is 5.56 Å². The molecule has 1 aromatic carbocycles. The Balaban J connectivity index is 1.83. The fraction of sp³-hybridized carbons (Fsp3) is 0.333. The third-order valence-electron chi connectivity index (χ3n) is 4.00. The smallest absolute Gasteiger partial charge is 0.359 e. The van der Waals surface area contributed by atoms with Crippen LogP contribution in [0.3, 0.4) is 0 Å². The molecular formula is C18H20N4O3. The van der Waals surface area contributed by atoms with Crippen molar-refractivity contribution < 1.29 is 9.53 Å². The summed E-state index contributed by atoms with van der Waals surface area (Å²) in [4.78, 5) is 24.8. The summed E-state index contributed by atoms with van der Waals surface area (Å²) in [5.74, 6) is -0.542. The van der Waals surface area contributed by atoms with Gasteiger partial charge in [-0.2, -0.15) is 10.2 Å². The molecule has 7 nitrogen and oxygen atoms in total. The Bertz CT molecular complexity index is 988. The van der Waals surface area contributed by atoms with Crippen molar-refractivity contribution in [1.29, 1.82) is 0 Å². The molecule has 7 heteroatoms. The molecule has 0 bridgehead atoms. The van der Waals surface area contributed by atoms with Crippen LogP contribution in [-0.4, -0.2) is 32.1 Å². The van der Waals surface area contributed by atoms with E-state index < -0.39 is 5.97 Å². The van der Waals surface area contributed by atoms with Crippen LogP contribution in [0, 0.1) is 13.8 Å². The summed E-state index contributed by atoms with van der Waals surface area (Å²) in [5.41, 5.74) is 1.88. The van der Waals surface area contributed by atoms with Gasteiger partial charge in [0.1, 0.15) is 6.61 Å². The quantitative estimate of drug-likeness (QED) is 0.665. The van der Waals surface area contributed by atoms with E-state index in [1.165, 1.54) is 4.68 Å². The van der Waals surface area contributed by atoms with Crippen molar-refractivity contribution in [3.05, 3.63) is 57.8 Å². The van der Waals surface area contributed by atoms with Gasteiger partial charge in [-0.15, -0.1) is 0 Å². The van der Waals surface area contributed by atoms with Crippen molar-refractivity contribution in [2.45, 2.75) is 33.9 Å². The Morgan fingerprint density at radius 3 is 2.48 bits per heavy atom. The molecule has 130 valence electrons. The van der Waals surface area contributed by atoms with Crippen molar-refractivity contribution in [2.24, 2.45) is 0 Å². The predicted octanol–water partition coefficient (Wildman–Crippen LogP) is 2.09. The molecule has 0 fully saturated rings. The number of esters is 1. The van der Waals surface area contributed by atoms with Crippen LogP contribution in [0.2, 0.25) is 0 Å². The molecule has 0 saturated heterocycles. The maximum absolute atomic E-state index is 12.5. The zero-order valence-electron chi connectivity index (χ0n) is 14.5. The first kappa shape index (κ1) is 16.9. The number of hydrogen-bond donors (Lipinski definition) is 0. The Kier molecular flexibility index (Phi) is 4.65. The molecule has 0 aliphatic carbocycles. The lowest BCUT2D eigenvalue weighted by Crippen LogP contribution is -2.26. The van der Waals surface area contributed by atoms with Crippen LogP contribution in [0.5, 0.6) is 0 Å². The highest BCUT2D eigenvalue weighted by molar-refractivity contribution is 6.02. The summed E-state index contributed by atoms with van der Waals surface area (Å²) < 4.78 is 8.44. The topological polar surface area (TPSA) is 79.0 Å². The molecule has 0 aliphatic heterocycles. The molecule has 0 atom stereocenters. The maximum Gasteiger partial charge on any atom is 0.359 e. The number of hydrogen-bond acceptors (Lipinski definition) is 5. The lowest BCUT2D eigenvalue weighted by molar-refractivity contribution is 0.0479. The highest BCUT2D eigenvalue weighted by Gasteiger charge is 2.17. The van der Waals surface area contributed by atoms with E-state index in [1.807, 2.05) is 19.9 Å². The van der Waals surface area contributed by atoms with Crippen LogP contribution in [0.15, 0.2) is 35.1 Å². The van der Waals surface area contributed by atoms with Crippen molar-refractivity contribution >= 4 is 16.7 Å². The molecule has 25 heavy (non-hydrogen) atoms. The molecular weight excluding hydrogens is 320 g/mol. The minimum Gasteiger partial charge on any atom is -0.459 e. The number of ether oxygens (including phenoxy) is 1. The third kappa shape index (κ3) is 3.31. The lowest BCUT2D eigenvalue weighted by Gasteiger charge is -2.10. The fourth-order valence-electron chi connectivity index (χ4n) is 2.79. The maximum atomic E-state index is 12.5. The molecule has 3 aromatic rings. The van der Waals surface area contributed by atoms with Crippen LogP contribution < -0.4 is 5.56 Å². The first-order valence-electron chi connectivity index (χ1n) is 8.19. The standard InChI is InChI=1S/C18H20N4O3/c1-4-21-17(23)15-8-6-5-7-14(15)16(20-21)18(24)25-10-9-22-13(3)11-12(2)19-22/h5-8,11H,4,9-10H2,1-3H3. The van der Waals surface area contributed by atoms with Gasteiger partial charge in [-0.25, -0.2) is 9.48 Å². The normalized spacial score (nSPS) is 11.0. The largest absolute Gasteiger partial charge is 0.459 e. The highest BCUT2D eigenvalue weighted by atomic mass is 16.5.